The number of hydrogen-bond donors (Lipinski definition) is 0. The predicted octanol–water partition coefficient (Wildman–Crippen LogP) is 2.60. The lowest BCUT2D eigenvalue weighted by atomic mass is 9.75. The van der Waals surface area contributed by atoms with Gasteiger partial charge in [0, 0.05) is 17.0 Å². The van der Waals surface area contributed by atoms with Crippen molar-refractivity contribution < 1.29 is 23.9 Å². The summed E-state index contributed by atoms with van der Waals surface area (Å²) in [4.78, 5) is 51.5. The van der Waals surface area contributed by atoms with Crippen LogP contribution >= 0.6 is 0 Å². The van der Waals surface area contributed by atoms with Crippen LogP contribution in [-0.2, 0) is 14.3 Å². The summed E-state index contributed by atoms with van der Waals surface area (Å²) in [5, 5.41) is 0. The van der Waals surface area contributed by atoms with Gasteiger partial charge in [0.05, 0.1) is 12.5 Å². The summed E-state index contributed by atoms with van der Waals surface area (Å²) < 4.78 is 5.11. The van der Waals surface area contributed by atoms with Gasteiger partial charge in [0.15, 0.2) is 5.78 Å². The molecule has 1 fully saturated rings. The maximum Gasteiger partial charge on any atom is 0.311 e. The van der Waals surface area contributed by atoms with Crippen LogP contribution in [0, 0.1) is 11.3 Å². The minimum atomic E-state index is -1.68. The van der Waals surface area contributed by atoms with E-state index >= 15 is 0 Å². The van der Waals surface area contributed by atoms with Crippen LogP contribution in [0.5, 0.6) is 0 Å². The van der Waals surface area contributed by atoms with Crippen LogP contribution in [0.15, 0.2) is 54.6 Å². The number of esters is 1. The fraction of sp³-hybridized carbons (Fsp3) is 0.238. The van der Waals surface area contributed by atoms with Crippen molar-refractivity contribution in [2.45, 2.75) is 12.8 Å². The molecular formula is C21H16O5. The van der Waals surface area contributed by atoms with Crippen LogP contribution in [0.25, 0.3) is 0 Å². The highest BCUT2D eigenvalue weighted by molar-refractivity contribution is 6.55. The monoisotopic (exact) mass is 348 g/mol. The Balaban J connectivity index is 1.90. The molecule has 5 heteroatoms. The van der Waals surface area contributed by atoms with Gasteiger partial charge in [-0.3, -0.25) is 19.2 Å². The molecular weight excluding hydrogens is 332 g/mol. The summed E-state index contributed by atoms with van der Waals surface area (Å²) in [5.41, 5.74) is -0.697. The predicted molar refractivity (Wildman–Crippen MR) is 91.8 cm³/mol. The number of ether oxygens (including phenoxy) is 1. The molecule has 0 aliphatic heterocycles. The Kier molecular flexibility index (Phi) is 3.61. The van der Waals surface area contributed by atoms with E-state index in [1.54, 1.807) is 43.3 Å². The first-order chi connectivity index (χ1) is 12.5. The molecule has 26 heavy (non-hydrogen) atoms. The second-order valence-electron chi connectivity index (χ2n) is 6.52. The van der Waals surface area contributed by atoms with Gasteiger partial charge < -0.3 is 4.74 Å². The average Bonchev–Trinajstić information content (AvgIpc) is 3.37. The molecule has 0 aromatic heterocycles. The van der Waals surface area contributed by atoms with Crippen molar-refractivity contribution in [1.82, 2.24) is 0 Å². The maximum absolute atomic E-state index is 13.3. The molecule has 0 radical (unpaired) electrons. The van der Waals surface area contributed by atoms with Gasteiger partial charge in [0.2, 0.25) is 11.6 Å². The number of rotatable bonds is 3. The number of fused-ring (bicyclic) bond motifs is 1. The molecule has 130 valence electrons. The molecule has 5 nitrogen and oxygen atoms in total. The Bertz CT molecular complexity index is 946. The number of ketones is 3. The highest BCUT2D eigenvalue weighted by Gasteiger charge is 2.79. The largest absolute Gasteiger partial charge is 0.466 e. The van der Waals surface area contributed by atoms with Gasteiger partial charge >= 0.3 is 5.97 Å². The lowest BCUT2D eigenvalue weighted by Crippen LogP contribution is -2.41. The quantitative estimate of drug-likeness (QED) is 0.484. The van der Waals surface area contributed by atoms with Gasteiger partial charge in [-0.15, -0.1) is 0 Å². The van der Waals surface area contributed by atoms with E-state index in [-0.39, 0.29) is 17.7 Å². The second kappa shape index (κ2) is 5.73. The topological polar surface area (TPSA) is 77.5 Å². The Hall–Kier alpha value is -3.08. The van der Waals surface area contributed by atoms with Crippen LogP contribution < -0.4 is 0 Å². The molecule has 4 rings (SSSR count). The lowest BCUT2D eigenvalue weighted by Gasteiger charge is -2.22. The van der Waals surface area contributed by atoms with Crippen LogP contribution in [-0.4, -0.2) is 29.9 Å². The van der Waals surface area contributed by atoms with E-state index in [2.05, 4.69) is 0 Å². The zero-order valence-electron chi connectivity index (χ0n) is 14.1. The maximum atomic E-state index is 13.3. The molecule has 3 unspecified atom stereocenters. The molecule has 0 N–H and O–H groups in total. The summed E-state index contributed by atoms with van der Waals surface area (Å²) in [6.45, 7) is 1.80. The SMILES string of the molecule is CCOC(=O)C1C(c2ccccc2)C12C(=O)C(=O)c1ccccc1C2=O. The van der Waals surface area contributed by atoms with E-state index in [9.17, 15) is 19.2 Å². The molecule has 3 atom stereocenters. The fourth-order valence-electron chi connectivity index (χ4n) is 4.14. The van der Waals surface area contributed by atoms with Crippen molar-refractivity contribution in [3.05, 3.63) is 71.3 Å². The van der Waals surface area contributed by atoms with Gasteiger partial charge in [-0.25, -0.2) is 0 Å². The first-order valence-corrected chi connectivity index (χ1v) is 8.49. The van der Waals surface area contributed by atoms with Gasteiger partial charge in [0.25, 0.3) is 0 Å². The molecule has 1 saturated carbocycles. The molecule has 0 heterocycles. The highest BCUT2D eigenvalue weighted by Crippen LogP contribution is 2.68. The van der Waals surface area contributed by atoms with Crippen molar-refractivity contribution >= 4 is 23.3 Å². The third-order valence-electron chi connectivity index (χ3n) is 5.28. The number of carbonyl (C=O) groups is 4. The fourth-order valence-corrected chi connectivity index (χ4v) is 4.14. The Labute approximate surface area is 150 Å². The van der Waals surface area contributed by atoms with Crippen LogP contribution in [0.1, 0.15) is 39.1 Å². The molecule has 2 aliphatic carbocycles. The molecule has 2 aromatic rings. The van der Waals surface area contributed by atoms with Crippen molar-refractivity contribution in [1.29, 1.82) is 0 Å². The van der Waals surface area contributed by atoms with Crippen molar-refractivity contribution in [3.63, 3.8) is 0 Å². The molecule has 0 bridgehead atoms. The molecule has 2 aliphatic rings. The zero-order chi connectivity index (χ0) is 18.5. The van der Waals surface area contributed by atoms with E-state index in [1.165, 1.54) is 12.1 Å². The second-order valence-corrected chi connectivity index (χ2v) is 6.52. The average molecular weight is 348 g/mol. The number of carbonyl (C=O) groups excluding carboxylic acids is 4. The summed E-state index contributed by atoms with van der Waals surface area (Å²) in [7, 11) is 0. The number of benzene rings is 2. The summed E-state index contributed by atoms with van der Waals surface area (Å²) >= 11 is 0. The van der Waals surface area contributed by atoms with E-state index in [0.717, 1.165) is 0 Å². The highest BCUT2D eigenvalue weighted by atomic mass is 16.5. The van der Waals surface area contributed by atoms with Gasteiger partial charge in [0.1, 0.15) is 5.41 Å². The smallest absolute Gasteiger partial charge is 0.311 e. The summed E-state index contributed by atoms with van der Waals surface area (Å²) in [5.74, 6) is -4.26. The molecule has 0 amide bonds. The van der Waals surface area contributed by atoms with Crippen LogP contribution in [0.4, 0.5) is 0 Å². The summed E-state index contributed by atoms with van der Waals surface area (Å²) in [6, 6.07) is 15.1. The standard InChI is InChI=1S/C21H16O5/c1-2-26-20(25)16-15(12-8-4-3-5-9-12)21(16)18(23)14-11-7-6-10-13(14)17(22)19(21)24/h3-11,15-16H,2H2,1H3. The van der Waals surface area contributed by atoms with Crippen molar-refractivity contribution in [2.75, 3.05) is 6.61 Å². The zero-order valence-corrected chi connectivity index (χ0v) is 14.1. The van der Waals surface area contributed by atoms with Gasteiger partial charge in [-0.1, -0.05) is 54.6 Å². The van der Waals surface area contributed by atoms with Gasteiger partial charge in [-0.05, 0) is 12.5 Å². The normalized spacial score (nSPS) is 26.6. The molecule has 2 aromatic carbocycles. The summed E-state index contributed by atoms with van der Waals surface area (Å²) in [6.07, 6.45) is 0. The van der Waals surface area contributed by atoms with Crippen molar-refractivity contribution in [2.24, 2.45) is 11.3 Å². The van der Waals surface area contributed by atoms with E-state index in [1.807, 2.05) is 6.07 Å². The Morgan fingerprint density at radius 1 is 0.923 bits per heavy atom. The molecule has 1 spiro atoms. The van der Waals surface area contributed by atoms with Crippen molar-refractivity contribution in [3.8, 4) is 0 Å². The third-order valence-corrected chi connectivity index (χ3v) is 5.28. The number of Topliss-reactive ketones (excluding diaryl/α,β-unsaturated/α-hetero) is 3. The number of hydrogen-bond acceptors (Lipinski definition) is 5. The minimum Gasteiger partial charge on any atom is -0.466 e. The van der Waals surface area contributed by atoms with E-state index in [4.69, 9.17) is 4.74 Å². The van der Waals surface area contributed by atoms with E-state index < -0.39 is 40.6 Å². The van der Waals surface area contributed by atoms with Crippen LogP contribution in [0.3, 0.4) is 0 Å². The minimum absolute atomic E-state index is 0.106. The lowest BCUT2D eigenvalue weighted by molar-refractivity contribution is -0.146. The van der Waals surface area contributed by atoms with Gasteiger partial charge in [-0.2, -0.15) is 0 Å². The Morgan fingerprint density at radius 3 is 2.19 bits per heavy atom. The Morgan fingerprint density at radius 2 is 1.54 bits per heavy atom. The van der Waals surface area contributed by atoms with Crippen LogP contribution in [0.2, 0.25) is 0 Å². The first kappa shape index (κ1) is 16.4. The first-order valence-electron chi connectivity index (χ1n) is 8.49. The third kappa shape index (κ3) is 1.97. The molecule has 0 saturated heterocycles. The van der Waals surface area contributed by atoms with E-state index in [0.29, 0.717) is 5.56 Å².